The van der Waals surface area contributed by atoms with E-state index in [4.69, 9.17) is 0 Å². The molecular weight excluding hydrogens is 347 g/mol. The lowest BCUT2D eigenvalue weighted by Gasteiger charge is -2.15. The van der Waals surface area contributed by atoms with Crippen LogP contribution in [0.1, 0.15) is 24.1 Å². The summed E-state index contributed by atoms with van der Waals surface area (Å²) in [6.45, 7) is 2.12. The summed E-state index contributed by atoms with van der Waals surface area (Å²) in [5.74, 6) is 0.399. The van der Waals surface area contributed by atoms with E-state index in [2.05, 4.69) is 38.8 Å². The van der Waals surface area contributed by atoms with Gasteiger partial charge in [0.1, 0.15) is 12.1 Å². The van der Waals surface area contributed by atoms with Crippen molar-refractivity contribution in [1.82, 2.24) is 19.7 Å². The van der Waals surface area contributed by atoms with E-state index in [0.717, 1.165) is 10.7 Å². The molecule has 2 aromatic carbocycles. The lowest BCUT2D eigenvalue weighted by molar-refractivity contribution is 0.582. The Morgan fingerprint density at radius 2 is 1.92 bits per heavy atom. The summed E-state index contributed by atoms with van der Waals surface area (Å²) < 4.78 is 16.0. The normalized spacial score (nSPS) is 12.4. The van der Waals surface area contributed by atoms with E-state index in [1.54, 1.807) is 42.5 Å². The highest BCUT2D eigenvalue weighted by Crippen LogP contribution is 2.29. The molecule has 26 heavy (non-hydrogen) atoms. The molecule has 130 valence electrons. The molecule has 0 saturated heterocycles. The van der Waals surface area contributed by atoms with E-state index < -0.39 is 0 Å². The molecule has 0 spiro atoms. The fourth-order valence-electron chi connectivity index (χ4n) is 2.95. The largest absolute Gasteiger partial charge is 0.301 e. The van der Waals surface area contributed by atoms with Gasteiger partial charge in [0, 0.05) is 17.3 Å². The zero-order chi connectivity index (χ0) is 17.9. The number of fused-ring (bicyclic) bond motifs is 1. The van der Waals surface area contributed by atoms with E-state index in [1.165, 1.54) is 11.6 Å². The van der Waals surface area contributed by atoms with Crippen molar-refractivity contribution in [3.05, 3.63) is 84.1 Å². The highest BCUT2D eigenvalue weighted by Gasteiger charge is 2.14. The molecule has 2 aromatic heterocycles. The molecule has 0 radical (unpaired) electrons. The van der Waals surface area contributed by atoms with Crippen LogP contribution < -0.4 is 0 Å². The molecule has 4 rings (SSSR count). The fourth-order valence-corrected chi connectivity index (χ4v) is 3.92. The summed E-state index contributed by atoms with van der Waals surface area (Å²) in [5, 5.41) is 9.71. The summed E-state index contributed by atoms with van der Waals surface area (Å²) in [6.07, 6.45) is 3.44. The Labute approximate surface area is 155 Å². The molecule has 0 bridgehead atoms. The van der Waals surface area contributed by atoms with Gasteiger partial charge >= 0.3 is 0 Å². The van der Waals surface area contributed by atoms with Crippen molar-refractivity contribution in [2.75, 3.05) is 0 Å². The third kappa shape index (κ3) is 3.20. The SMILES string of the molecule is C[C@@H](c1ccccc1)n1cnnc1SCc1ccc(F)c2cccnc12. The number of nitrogens with zero attached hydrogens (tertiary/aromatic N) is 4. The van der Waals surface area contributed by atoms with Gasteiger partial charge in [-0.15, -0.1) is 10.2 Å². The van der Waals surface area contributed by atoms with Crippen LogP contribution in [-0.2, 0) is 5.75 Å². The molecule has 0 unspecified atom stereocenters. The van der Waals surface area contributed by atoms with Crippen molar-refractivity contribution in [3.8, 4) is 0 Å². The first-order chi connectivity index (χ1) is 12.7. The second-order valence-electron chi connectivity index (χ2n) is 6.00. The predicted molar refractivity (Wildman–Crippen MR) is 102 cm³/mol. The molecular formula is C20H17FN4S. The minimum absolute atomic E-state index is 0.136. The first-order valence-corrected chi connectivity index (χ1v) is 9.32. The molecule has 0 aliphatic heterocycles. The van der Waals surface area contributed by atoms with Crippen molar-refractivity contribution in [3.63, 3.8) is 0 Å². The zero-order valence-corrected chi connectivity index (χ0v) is 15.0. The number of halogens is 1. The Bertz CT molecular complexity index is 1030. The van der Waals surface area contributed by atoms with E-state index in [1.807, 2.05) is 18.2 Å². The number of hydrogen-bond donors (Lipinski definition) is 0. The Balaban J connectivity index is 1.59. The summed E-state index contributed by atoms with van der Waals surface area (Å²) in [4.78, 5) is 4.35. The molecule has 2 heterocycles. The number of benzene rings is 2. The number of pyridine rings is 1. The molecule has 0 aliphatic rings. The lowest BCUT2D eigenvalue weighted by atomic mass is 10.1. The van der Waals surface area contributed by atoms with E-state index >= 15 is 0 Å². The van der Waals surface area contributed by atoms with Crippen LogP contribution in [0.4, 0.5) is 4.39 Å². The van der Waals surface area contributed by atoms with Crippen LogP contribution in [0.5, 0.6) is 0 Å². The third-order valence-corrected chi connectivity index (χ3v) is 5.40. The minimum atomic E-state index is -0.247. The van der Waals surface area contributed by atoms with Crippen molar-refractivity contribution in [1.29, 1.82) is 0 Å². The minimum Gasteiger partial charge on any atom is -0.301 e. The van der Waals surface area contributed by atoms with Gasteiger partial charge in [-0.2, -0.15) is 0 Å². The summed E-state index contributed by atoms with van der Waals surface area (Å²) in [7, 11) is 0. The molecule has 0 fully saturated rings. The Kier molecular flexibility index (Phi) is 4.67. The van der Waals surface area contributed by atoms with Crippen LogP contribution in [0.15, 0.2) is 72.3 Å². The van der Waals surface area contributed by atoms with Crippen LogP contribution in [0, 0.1) is 5.82 Å². The van der Waals surface area contributed by atoms with Gasteiger partial charge in [0.25, 0.3) is 0 Å². The predicted octanol–water partition coefficient (Wildman–Crippen LogP) is 4.87. The standard InChI is InChI=1S/C20H17FN4S/c1-14(15-6-3-2-4-7-15)25-13-23-24-20(25)26-12-16-9-10-18(21)17-8-5-11-22-19(16)17/h2-11,13-14H,12H2,1H3/t14-/m0/s1. The molecule has 4 nitrogen and oxygen atoms in total. The maximum Gasteiger partial charge on any atom is 0.191 e. The average molecular weight is 364 g/mol. The van der Waals surface area contributed by atoms with Crippen molar-refractivity contribution in [2.45, 2.75) is 23.9 Å². The van der Waals surface area contributed by atoms with Crippen molar-refractivity contribution < 1.29 is 4.39 Å². The lowest BCUT2D eigenvalue weighted by Crippen LogP contribution is -2.07. The Morgan fingerprint density at radius 1 is 1.08 bits per heavy atom. The van der Waals surface area contributed by atoms with Gasteiger partial charge in [0.15, 0.2) is 5.16 Å². The second kappa shape index (κ2) is 7.25. The van der Waals surface area contributed by atoms with Crippen LogP contribution in [0.25, 0.3) is 10.9 Å². The maximum absolute atomic E-state index is 14.0. The summed E-state index contributed by atoms with van der Waals surface area (Å²) >= 11 is 1.58. The number of aromatic nitrogens is 4. The second-order valence-corrected chi connectivity index (χ2v) is 6.94. The first-order valence-electron chi connectivity index (χ1n) is 8.33. The average Bonchev–Trinajstić information content (AvgIpc) is 3.16. The zero-order valence-electron chi connectivity index (χ0n) is 14.2. The van der Waals surface area contributed by atoms with Crippen LogP contribution in [0.2, 0.25) is 0 Å². The van der Waals surface area contributed by atoms with Crippen molar-refractivity contribution >= 4 is 22.7 Å². The number of rotatable bonds is 5. The van der Waals surface area contributed by atoms with Crippen molar-refractivity contribution in [2.24, 2.45) is 0 Å². The van der Waals surface area contributed by atoms with Crippen LogP contribution in [0.3, 0.4) is 0 Å². The summed E-state index contributed by atoms with van der Waals surface area (Å²) in [5.41, 5.74) is 2.87. The smallest absolute Gasteiger partial charge is 0.191 e. The van der Waals surface area contributed by atoms with Gasteiger partial charge in [0.05, 0.1) is 11.6 Å². The quantitative estimate of drug-likeness (QED) is 0.474. The van der Waals surface area contributed by atoms with E-state index in [0.29, 0.717) is 16.7 Å². The molecule has 0 saturated carbocycles. The maximum atomic E-state index is 14.0. The van der Waals surface area contributed by atoms with E-state index in [9.17, 15) is 4.39 Å². The molecule has 6 heteroatoms. The number of thioether (sulfide) groups is 1. The third-order valence-electron chi connectivity index (χ3n) is 4.40. The van der Waals surface area contributed by atoms with Gasteiger partial charge in [-0.05, 0) is 36.2 Å². The molecule has 4 aromatic rings. The van der Waals surface area contributed by atoms with Gasteiger partial charge in [-0.25, -0.2) is 4.39 Å². The fraction of sp³-hybridized carbons (Fsp3) is 0.150. The molecule has 0 aliphatic carbocycles. The molecule has 0 amide bonds. The van der Waals surface area contributed by atoms with Gasteiger partial charge in [-0.1, -0.05) is 48.2 Å². The highest BCUT2D eigenvalue weighted by atomic mass is 32.2. The van der Waals surface area contributed by atoms with Gasteiger partial charge in [-0.3, -0.25) is 4.98 Å². The molecule has 1 atom stereocenters. The Hall–Kier alpha value is -2.73. The van der Waals surface area contributed by atoms with Crippen LogP contribution >= 0.6 is 11.8 Å². The molecule has 0 N–H and O–H groups in total. The van der Waals surface area contributed by atoms with Crippen LogP contribution in [-0.4, -0.2) is 19.7 Å². The topological polar surface area (TPSA) is 43.6 Å². The highest BCUT2D eigenvalue weighted by molar-refractivity contribution is 7.98. The first kappa shape index (κ1) is 16.7. The Morgan fingerprint density at radius 3 is 2.77 bits per heavy atom. The summed E-state index contributed by atoms with van der Waals surface area (Å²) in [6, 6.07) is 17.2. The van der Waals surface area contributed by atoms with Gasteiger partial charge < -0.3 is 4.57 Å². The van der Waals surface area contributed by atoms with Gasteiger partial charge in [0.2, 0.25) is 0 Å². The number of hydrogen-bond acceptors (Lipinski definition) is 4. The monoisotopic (exact) mass is 364 g/mol. The van der Waals surface area contributed by atoms with E-state index in [-0.39, 0.29) is 11.9 Å².